The molecule has 1 aromatic carbocycles. The summed E-state index contributed by atoms with van der Waals surface area (Å²) in [6.45, 7) is 3.48. The zero-order chi connectivity index (χ0) is 15.7. The molecule has 122 valence electrons. The lowest BCUT2D eigenvalue weighted by Gasteiger charge is -2.39. The number of rotatable bonds is 3. The molecule has 2 N–H and O–H groups in total. The third kappa shape index (κ3) is 3.01. The van der Waals surface area contributed by atoms with Crippen LogP contribution in [0.4, 0.5) is 8.78 Å². The average Bonchev–Trinajstić information content (AvgIpc) is 3.05. The number of hydrogen-bond acceptors (Lipinski definition) is 3. The Labute approximate surface area is 137 Å². The van der Waals surface area contributed by atoms with Crippen LogP contribution in [0.15, 0.2) is 10.5 Å². The molecule has 1 aromatic rings. The molecule has 1 saturated carbocycles. The van der Waals surface area contributed by atoms with Crippen LogP contribution in [0, 0.1) is 17.6 Å². The van der Waals surface area contributed by atoms with Gasteiger partial charge in [0.1, 0.15) is 0 Å². The van der Waals surface area contributed by atoms with Gasteiger partial charge >= 0.3 is 0 Å². The lowest BCUT2D eigenvalue weighted by atomic mass is 9.89. The second kappa shape index (κ2) is 6.81. The van der Waals surface area contributed by atoms with Crippen LogP contribution in [-0.2, 0) is 0 Å². The highest BCUT2D eigenvalue weighted by atomic mass is 79.9. The van der Waals surface area contributed by atoms with Crippen molar-refractivity contribution in [3.63, 3.8) is 0 Å². The number of piperazine rings is 1. The number of phenolic OH excluding ortho intramolecular Hbond substituents is 1. The van der Waals surface area contributed by atoms with Crippen molar-refractivity contribution >= 4 is 15.9 Å². The topological polar surface area (TPSA) is 35.5 Å². The van der Waals surface area contributed by atoms with Crippen LogP contribution in [0.3, 0.4) is 0 Å². The van der Waals surface area contributed by atoms with Gasteiger partial charge in [0.2, 0.25) is 5.82 Å². The van der Waals surface area contributed by atoms with Gasteiger partial charge in [0, 0.05) is 37.8 Å². The zero-order valence-electron chi connectivity index (χ0n) is 12.4. The first-order valence-electron chi connectivity index (χ1n) is 7.90. The van der Waals surface area contributed by atoms with Gasteiger partial charge in [0.25, 0.3) is 0 Å². The van der Waals surface area contributed by atoms with E-state index in [4.69, 9.17) is 0 Å². The van der Waals surface area contributed by atoms with E-state index in [1.807, 2.05) is 0 Å². The molecule has 1 saturated heterocycles. The number of hydrogen-bond donors (Lipinski definition) is 2. The first-order valence-corrected chi connectivity index (χ1v) is 8.70. The summed E-state index contributed by atoms with van der Waals surface area (Å²) in [7, 11) is 0. The molecule has 1 aliphatic carbocycles. The van der Waals surface area contributed by atoms with Gasteiger partial charge in [-0.3, -0.25) is 4.90 Å². The maximum absolute atomic E-state index is 14.0. The van der Waals surface area contributed by atoms with Crippen molar-refractivity contribution in [3.8, 4) is 5.75 Å². The average molecular weight is 375 g/mol. The van der Waals surface area contributed by atoms with Gasteiger partial charge in [-0.1, -0.05) is 12.8 Å². The predicted octanol–water partition coefficient (Wildman–Crippen LogP) is 3.57. The van der Waals surface area contributed by atoms with Crippen molar-refractivity contribution in [1.82, 2.24) is 10.2 Å². The summed E-state index contributed by atoms with van der Waals surface area (Å²) < 4.78 is 27.7. The first-order chi connectivity index (χ1) is 10.6. The van der Waals surface area contributed by atoms with Crippen LogP contribution in [0.1, 0.15) is 37.3 Å². The molecule has 0 spiro atoms. The summed E-state index contributed by atoms with van der Waals surface area (Å²) in [5.41, 5.74) is 0.513. The summed E-state index contributed by atoms with van der Waals surface area (Å²) in [4.78, 5) is 2.30. The van der Waals surface area contributed by atoms with Gasteiger partial charge in [0.05, 0.1) is 4.47 Å². The Balaban J connectivity index is 2.01. The predicted molar refractivity (Wildman–Crippen MR) is 84.9 cm³/mol. The minimum atomic E-state index is -1.15. The summed E-state index contributed by atoms with van der Waals surface area (Å²) in [5, 5.41) is 13.5. The molecular formula is C16H21BrF2N2O. The van der Waals surface area contributed by atoms with Gasteiger partial charge in [-0.2, -0.15) is 4.39 Å². The molecule has 0 bridgehead atoms. The van der Waals surface area contributed by atoms with E-state index in [9.17, 15) is 13.9 Å². The molecule has 0 aromatic heterocycles. The molecule has 0 radical (unpaired) electrons. The molecule has 3 nitrogen and oxygen atoms in total. The van der Waals surface area contributed by atoms with E-state index in [1.165, 1.54) is 12.8 Å². The van der Waals surface area contributed by atoms with Crippen molar-refractivity contribution in [2.24, 2.45) is 5.92 Å². The van der Waals surface area contributed by atoms with E-state index in [0.29, 0.717) is 11.5 Å². The summed E-state index contributed by atoms with van der Waals surface area (Å²) in [5.74, 6) is -2.31. The van der Waals surface area contributed by atoms with Crippen LogP contribution in [0.2, 0.25) is 0 Å². The number of benzene rings is 1. The second-order valence-electron chi connectivity index (χ2n) is 6.20. The van der Waals surface area contributed by atoms with Gasteiger partial charge < -0.3 is 10.4 Å². The fourth-order valence-corrected chi connectivity index (χ4v) is 4.23. The molecule has 0 unspecified atom stereocenters. The fraction of sp³-hybridized carbons (Fsp3) is 0.625. The molecule has 1 atom stereocenters. The van der Waals surface area contributed by atoms with Crippen LogP contribution in [0.5, 0.6) is 5.75 Å². The quantitative estimate of drug-likeness (QED) is 0.793. The van der Waals surface area contributed by atoms with E-state index in [0.717, 1.165) is 39.0 Å². The van der Waals surface area contributed by atoms with Gasteiger partial charge in [-0.05, 0) is 40.8 Å². The Bertz CT molecular complexity index is 543. The molecular weight excluding hydrogens is 354 g/mol. The number of halogens is 3. The van der Waals surface area contributed by atoms with Crippen molar-refractivity contribution in [3.05, 3.63) is 27.7 Å². The number of nitrogens with one attached hydrogen (secondary N) is 1. The Morgan fingerprint density at radius 2 is 1.82 bits per heavy atom. The van der Waals surface area contributed by atoms with E-state index in [1.54, 1.807) is 6.07 Å². The van der Waals surface area contributed by atoms with Crippen molar-refractivity contribution < 1.29 is 13.9 Å². The monoisotopic (exact) mass is 374 g/mol. The fourth-order valence-electron chi connectivity index (χ4n) is 3.81. The largest absolute Gasteiger partial charge is 0.505 e. The van der Waals surface area contributed by atoms with Crippen LogP contribution in [0.25, 0.3) is 0 Å². The van der Waals surface area contributed by atoms with Crippen LogP contribution < -0.4 is 5.32 Å². The molecule has 0 amide bonds. The van der Waals surface area contributed by atoms with E-state index in [2.05, 4.69) is 26.1 Å². The van der Waals surface area contributed by atoms with Crippen LogP contribution >= 0.6 is 15.9 Å². The third-order valence-electron chi connectivity index (χ3n) is 4.88. The molecule has 22 heavy (non-hydrogen) atoms. The lowest BCUT2D eigenvalue weighted by Crippen LogP contribution is -2.46. The molecule has 6 heteroatoms. The molecule has 3 rings (SSSR count). The summed E-state index contributed by atoms with van der Waals surface area (Å²) >= 11 is 3.07. The highest BCUT2D eigenvalue weighted by Gasteiger charge is 2.35. The van der Waals surface area contributed by atoms with Crippen molar-refractivity contribution in [2.75, 3.05) is 26.2 Å². The van der Waals surface area contributed by atoms with Crippen molar-refractivity contribution in [1.29, 1.82) is 0 Å². The maximum atomic E-state index is 14.0. The number of aromatic hydroxyl groups is 1. The maximum Gasteiger partial charge on any atom is 0.201 e. The lowest BCUT2D eigenvalue weighted by molar-refractivity contribution is 0.122. The van der Waals surface area contributed by atoms with Gasteiger partial charge in [0.15, 0.2) is 11.6 Å². The van der Waals surface area contributed by atoms with E-state index in [-0.39, 0.29) is 10.5 Å². The molecule has 2 aliphatic rings. The Morgan fingerprint density at radius 3 is 2.45 bits per heavy atom. The number of nitrogens with zero attached hydrogens (tertiary/aromatic N) is 1. The Kier molecular flexibility index (Phi) is 5.00. The summed E-state index contributed by atoms with van der Waals surface area (Å²) in [6.07, 6.45) is 4.48. The molecule has 1 aliphatic heterocycles. The first kappa shape index (κ1) is 16.1. The highest BCUT2D eigenvalue weighted by molar-refractivity contribution is 9.10. The van der Waals surface area contributed by atoms with Crippen molar-refractivity contribution in [2.45, 2.75) is 31.7 Å². The van der Waals surface area contributed by atoms with Crippen LogP contribution in [-0.4, -0.2) is 36.2 Å². The molecule has 2 fully saturated rings. The second-order valence-corrected chi connectivity index (χ2v) is 7.05. The summed E-state index contributed by atoms with van der Waals surface area (Å²) in [6, 6.07) is 1.51. The molecule has 1 heterocycles. The standard InChI is InChI=1S/C16H21BrF2N2O/c17-12-9-11(16(22)14(19)13(12)18)15(10-3-1-2-4-10)21-7-5-20-6-8-21/h9-10,15,20,22H,1-8H2/t15-/m1/s1. The van der Waals surface area contributed by atoms with E-state index < -0.39 is 17.4 Å². The Hall–Kier alpha value is -0.720. The Morgan fingerprint density at radius 1 is 1.18 bits per heavy atom. The third-order valence-corrected chi connectivity index (χ3v) is 5.45. The smallest absolute Gasteiger partial charge is 0.201 e. The van der Waals surface area contributed by atoms with Gasteiger partial charge in [-0.25, -0.2) is 4.39 Å². The van der Waals surface area contributed by atoms with Gasteiger partial charge in [-0.15, -0.1) is 0 Å². The highest BCUT2D eigenvalue weighted by Crippen LogP contribution is 2.44. The zero-order valence-corrected chi connectivity index (χ0v) is 14.0. The SMILES string of the molecule is Oc1c([C@@H](C2CCCC2)N2CCNCC2)cc(Br)c(F)c1F. The minimum absolute atomic E-state index is 0.0454. The normalized spacial score (nSPS) is 22.1. The van der Waals surface area contributed by atoms with E-state index >= 15 is 0 Å². The number of phenols is 1. The minimum Gasteiger partial charge on any atom is -0.505 e.